The first-order valence-electron chi connectivity index (χ1n) is 3.74. The van der Waals surface area contributed by atoms with Gasteiger partial charge in [-0.25, -0.2) is 8.78 Å². The largest absolute Gasteiger partial charge is 0.313 e. The molecule has 1 aromatic rings. The van der Waals surface area contributed by atoms with E-state index in [0.29, 0.717) is 6.54 Å². The number of nitrogens with zero attached hydrogens (tertiary/aromatic N) is 1. The third kappa shape index (κ3) is 1.98. The van der Waals surface area contributed by atoms with Crippen LogP contribution in [0.25, 0.3) is 0 Å². The number of aromatic nitrogens is 1. The zero-order valence-corrected chi connectivity index (χ0v) is 6.77. The van der Waals surface area contributed by atoms with E-state index < -0.39 is 11.6 Å². The van der Waals surface area contributed by atoms with Crippen LogP contribution in [0.2, 0.25) is 0 Å². The lowest BCUT2D eigenvalue weighted by Gasteiger charge is -2.03. The number of pyridine rings is 1. The fraction of sp³-hybridized carbons (Fsp3) is 0.375. The molecule has 0 fully saturated rings. The Bertz CT molecular complexity index is 243. The molecule has 0 aromatic carbocycles. The number of halogens is 2. The third-order valence-corrected chi connectivity index (χ3v) is 1.50. The highest BCUT2D eigenvalue weighted by atomic mass is 19.1. The molecule has 0 saturated carbocycles. The Balaban J connectivity index is 2.81. The maximum atomic E-state index is 12.8. The van der Waals surface area contributed by atoms with E-state index >= 15 is 0 Å². The molecule has 2 nitrogen and oxygen atoms in total. The summed E-state index contributed by atoms with van der Waals surface area (Å²) in [5, 5.41) is 2.84. The van der Waals surface area contributed by atoms with Crippen molar-refractivity contribution in [1.82, 2.24) is 10.3 Å². The first-order chi connectivity index (χ1) is 5.75. The molecule has 66 valence electrons. The van der Waals surface area contributed by atoms with Crippen molar-refractivity contribution in [1.29, 1.82) is 0 Å². The molecule has 0 saturated heterocycles. The summed E-state index contributed by atoms with van der Waals surface area (Å²) in [6.45, 7) is 2.76. The van der Waals surface area contributed by atoms with E-state index in [0.717, 1.165) is 12.4 Å². The first-order valence-corrected chi connectivity index (χ1v) is 3.74. The van der Waals surface area contributed by atoms with E-state index in [9.17, 15) is 8.78 Å². The highest BCUT2D eigenvalue weighted by Gasteiger charge is 2.07. The Morgan fingerprint density at radius 1 is 1.33 bits per heavy atom. The zero-order valence-electron chi connectivity index (χ0n) is 6.77. The molecule has 1 heterocycles. The SMILES string of the molecule is CCNCc1c(F)cncc1F. The normalized spacial score (nSPS) is 10.2. The lowest BCUT2D eigenvalue weighted by atomic mass is 10.2. The van der Waals surface area contributed by atoms with Crippen molar-refractivity contribution >= 4 is 0 Å². The van der Waals surface area contributed by atoms with E-state index in [-0.39, 0.29) is 12.1 Å². The highest BCUT2D eigenvalue weighted by Crippen LogP contribution is 2.09. The van der Waals surface area contributed by atoms with Crippen LogP contribution in [0.5, 0.6) is 0 Å². The molecule has 0 radical (unpaired) electrons. The van der Waals surface area contributed by atoms with Crippen molar-refractivity contribution in [3.8, 4) is 0 Å². The average Bonchev–Trinajstić information content (AvgIpc) is 2.04. The van der Waals surface area contributed by atoms with Crippen LogP contribution in [-0.4, -0.2) is 11.5 Å². The maximum Gasteiger partial charge on any atom is 0.148 e. The minimum Gasteiger partial charge on any atom is -0.313 e. The summed E-state index contributed by atoms with van der Waals surface area (Å²) in [6.07, 6.45) is 2.02. The summed E-state index contributed by atoms with van der Waals surface area (Å²) in [5.74, 6) is -1.20. The van der Waals surface area contributed by atoms with E-state index in [4.69, 9.17) is 0 Å². The van der Waals surface area contributed by atoms with Crippen LogP contribution >= 0.6 is 0 Å². The second-order valence-electron chi connectivity index (χ2n) is 2.36. The van der Waals surface area contributed by atoms with Crippen LogP contribution in [0.4, 0.5) is 8.78 Å². The molecule has 0 aliphatic rings. The lowest BCUT2D eigenvalue weighted by molar-refractivity contribution is 0.531. The molecular weight excluding hydrogens is 162 g/mol. The number of nitrogens with one attached hydrogen (secondary N) is 1. The summed E-state index contributed by atoms with van der Waals surface area (Å²) >= 11 is 0. The van der Waals surface area contributed by atoms with Gasteiger partial charge in [-0.1, -0.05) is 6.92 Å². The molecule has 0 atom stereocenters. The second-order valence-corrected chi connectivity index (χ2v) is 2.36. The summed E-state index contributed by atoms with van der Waals surface area (Å²) < 4.78 is 25.7. The van der Waals surface area contributed by atoms with Gasteiger partial charge in [-0.05, 0) is 6.54 Å². The summed E-state index contributed by atoms with van der Waals surface area (Å²) in [4.78, 5) is 3.37. The molecule has 12 heavy (non-hydrogen) atoms. The van der Waals surface area contributed by atoms with Gasteiger partial charge in [-0.15, -0.1) is 0 Å². The Kier molecular flexibility index (Phi) is 3.10. The number of hydrogen-bond donors (Lipinski definition) is 1. The van der Waals surface area contributed by atoms with E-state index in [1.54, 1.807) is 0 Å². The summed E-state index contributed by atoms with van der Waals surface area (Å²) in [6, 6.07) is 0. The molecule has 0 bridgehead atoms. The van der Waals surface area contributed by atoms with Crippen molar-refractivity contribution in [2.75, 3.05) is 6.54 Å². The molecule has 1 N–H and O–H groups in total. The smallest absolute Gasteiger partial charge is 0.148 e. The van der Waals surface area contributed by atoms with Crippen molar-refractivity contribution < 1.29 is 8.78 Å². The van der Waals surface area contributed by atoms with Gasteiger partial charge in [0.2, 0.25) is 0 Å². The Labute approximate surface area is 69.6 Å². The van der Waals surface area contributed by atoms with Gasteiger partial charge in [0.15, 0.2) is 0 Å². The maximum absolute atomic E-state index is 12.8. The average molecular weight is 172 g/mol. The van der Waals surface area contributed by atoms with Crippen molar-refractivity contribution in [3.05, 3.63) is 29.6 Å². The van der Waals surface area contributed by atoms with Crippen LogP contribution < -0.4 is 5.32 Å². The summed E-state index contributed by atoms with van der Waals surface area (Å²) in [5.41, 5.74) is 0.0480. The zero-order chi connectivity index (χ0) is 8.97. The van der Waals surface area contributed by atoms with Crippen LogP contribution in [0.3, 0.4) is 0 Å². The highest BCUT2D eigenvalue weighted by molar-refractivity contribution is 5.14. The predicted octanol–water partition coefficient (Wildman–Crippen LogP) is 1.47. The monoisotopic (exact) mass is 172 g/mol. The number of rotatable bonds is 3. The molecule has 1 rings (SSSR count). The van der Waals surface area contributed by atoms with Gasteiger partial charge in [-0.3, -0.25) is 4.98 Å². The van der Waals surface area contributed by atoms with Gasteiger partial charge in [0.25, 0.3) is 0 Å². The molecule has 0 spiro atoms. The van der Waals surface area contributed by atoms with E-state index in [1.165, 1.54) is 0 Å². The Hall–Kier alpha value is -1.03. The minimum absolute atomic E-state index is 0.0480. The van der Waals surface area contributed by atoms with Gasteiger partial charge in [0.05, 0.1) is 12.4 Å². The Morgan fingerprint density at radius 3 is 2.42 bits per heavy atom. The van der Waals surface area contributed by atoms with Crippen molar-refractivity contribution in [2.45, 2.75) is 13.5 Å². The van der Waals surface area contributed by atoms with Crippen LogP contribution in [0.15, 0.2) is 12.4 Å². The second kappa shape index (κ2) is 4.11. The predicted molar refractivity (Wildman–Crippen MR) is 41.5 cm³/mol. The van der Waals surface area contributed by atoms with Crippen molar-refractivity contribution in [2.24, 2.45) is 0 Å². The molecule has 0 aliphatic heterocycles. The van der Waals surface area contributed by atoms with Crippen LogP contribution in [-0.2, 0) is 6.54 Å². The van der Waals surface area contributed by atoms with Gasteiger partial charge >= 0.3 is 0 Å². The van der Waals surface area contributed by atoms with Gasteiger partial charge < -0.3 is 5.32 Å². The third-order valence-electron chi connectivity index (χ3n) is 1.50. The topological polar surface area (TPSA) is 24.9 Å². The quantitative estimate of drug-likeness (QED) is 0.746. The molecule has 0 amide bonds. The number of hydrogen-bond acceptors (Lipinski definition) is 2. The standard InChI is InChI=1S/C8H10F2N2/c1-2-11-3-6-7(9)4-12-5-8(6)10/h4-5,11H,2-3H2,1H3. The van der Waals surface area contributed by atoms with Crippen molar-refractivity contribution in [3.63, 3.8) is 0 Å². The molecule has 1 aromatic heterocycles. The van der Waals surface area contributed by atoms with E-state index in [1.807, 2.05) is 6.92 Å². The fourth-order valence-corrected chi connectivity index (χ4v) is 0.857. The molecular formula is C8H10F2N2. The summed E-state index contributed by atoms with van der Waals surface area (Å²) in [7, 11) is 0. The van der Waals surface area contributed by atoms with Gasteiger partial charge in [0.1, 0.15) is 11.6 Å². The molecule has 0 aliphatic carbocycles. The van der Waals surface area contributed by atoms with Crippen LogP contribution in [0.1, 0.15) is 12.5 Å². The van der Waals surface area contributed by atoms with E-state index in [2.05, 4.69) is 10.3 Å². The molecule has 4 heteroatoms. The van der Waals surface area contributed by atoms with Crippen LogP contribution in [0, 0.1) is 11.6 Å². The fourth-order valence-electron chi connectivity index (χ4n) is 0.857. The first kappa shape index (κ1) is 9.06. The van der Waals surface area contributed by atoms with Gasteiger partial charge in [-0.2, -0.15) is 0 Å². The molecule has 0 unspecified atom stereocenters. The lowest BCUT2D eigenvalue weighted by Crippen LogP contribution is -2.14. The van der Waals surface area contributed by atoms with Gasteiger partial charge in [0, 0.05) is 12.1 Å². The minimum atomic E-state index is -0.601. The Morgan fingerprint density at radius 2 is 1.92 bits per heavy atom.